The molecule has 3 heterocycles. The van der Waals surface area contributed by atoms with Gasteiger partial charge in [0.25, 0.3) is 5.56 Å². The topological polar surface area (TPSA) is 101 Å². The summed E-state index contributed by atoms with van der Waals surface area (Å²) in [6, 6.07) is 9.83. The molecule has 0 saturated carbocycles. The summed E-state index contributed by atoms with van der Waals surface area (Å²) >= 11 is 0. The number of benzene rings is 1. The number of carbonyl (C=O) groups is 1. The molecule has 0 aliphatic carbocycles. The number of rotatable bonds is 10. The van der Waals surface area contributed by atoms with Gasteiger partial charge in [-0.25, -0.2) is 14.3 Å². The summed E-state index contributed by atoms with van der Waals surface area (Å²) in [4.78, 5) is 46.0. The second-order valence-electron chi connectivity index (χ2n) is 8.99. The van der Waals surface area contributed by atoms with E-state index in [4.69, 9.17) is 9.47 Å². The van der Waals surface area contributed by atoms with Crippen molar-refractivity contribution in [3.05, 3.63) is 63.1 Å². The molecule has 0 N–H and O–H groups in total. The molecule has 0 unspecified atom stereocenters. The largest absolute Gasteiger partial charge is 0.464 e. The number of hydrogen-bond acceptors (Lipinski definition) is 7. The number of hydrogen-bond donors (Lipinski definition) is 0. The van der Waals surface area contributed by atoms with Crippen LogP contribution in [-0.4, -0.2) is 69.5 Å². The minimum absolute atomic E-state index is 0.223. The van der Waals surface area contributed by atoms with E-state index in [1.165, 1.54) is 23.7 Å². The van der Waals surface area contributed by atoms with Crippen LogP contribution in [0.5, 0.6) is 0 Å². The third-order valence-electron chi connectivity index (χ3n) is 6.63. The van der Waals surface area contributed by atoms with Gasteiger partial charge < -0.3 is 18.9 Å². The lowest BCUT2D eigenvalue weighted by Crippen LogP contribution is -2.43. The molecule has 1 fully saturated rings. The first-order valence-corrected chi connectivity index (χ1v) is 12.1. The third-order valence-corrected chi connectivity index (χ3v) is 6.63. The van der Waals surface area contributed by atoms with E-state index in [1.807, 2.05) is 30.3 Å². The number of fused-ring (bicyclic) bond motifs is 1. The van der Waals surface area contributed by atoms with E-state index in [1.54, 1.807) is 11.7 Å². The van der Waals surface area contributed by atoms with Gasteiger partial charge in [0.2, 0.25) is 0 Å². The molecule has 0 amide bonds. The van der Waals surface area contributed by atoms with Crippen molar-refractivity contribution < 1.29 is 14.3 Å². The average Bonchev–Trinajstić information content (AvgIpc) is 3.29. The summed E-state index contributed by atoms with van der Waals surface area (Å²) in [5.41, 5.74) is 0.269. The van der Waals surface area contributed by atoms with Gasteiger partial charge in [-0.05, 0) is 38.4 Å². The minimum atomic E-state index is -0.601. The number of aromatic nitrogens is 4. The molecule has 0 bridgehead atoms. The van der Waals surface area contributed by atoms with E-state index < -0.39 is 23.8 Å². The van der Waals surface area contributed by atoms with Gasteiger partial charge in [0, 0.05) is 19.7 Å². The van der Waals surface area contributed by atoms with Crippen LogP contribution in [0.1, 0.15) is 31.2 Å². The second kappa shape index (κ2) is 11.5. The molecule has 1 aromatic carbocycles. The number of carbonyl (C=O) groups excluding carboxylic acids is 1. The molecule has 1 aliphatic rings. The Morgan fingerprint density at radius 2 is 1.91 bits per heavy atom. The summed E-state index contributed by atoms with van der Waals surface area (Å²) in [7, 11) is 3.66. The van der Waals surface area contributed by atoms with Gasteiger partial charge in [0.05, 0.1) is 26.1 Å². The number of nitrogens with zero attached hydrogens (tertiary/aromatic N) is 5. The van der Waals surface area contributed by atoms with Crippen molar-refractivity contribution in [1.29, 1.82) is 0 Å². The van der Waals surface area contributed by atoms with E-state index in [2.05, 4.69) is 16.9 Å². The molecule has 1 saturated heterocycles. The molecule has 10 heteroatoms. The first kappa shape index (κ1) is 24.9. The van der Waals surface area contributed by atoms with E-state index in [-0.39, 0.29) is 24.3 Å². The summed E-state index contributed by atoms with van der Waals surface area (Å²) < 4.78 is 14.6. The molecule has 35 heavy (non-hydrogen) atoms. The van der Waals surface area contributed by atoms with Crippen molar-refractivity contribution in [2.45, 2.75) is 51.4 Å². The van der Waals surface area contributed by atoms with Crippen molar-refractivity contribution in [3.8, 4) is 0 Å². The summed E-state index contributed by atoms with van der Waals surface area (Å²) in [6.45, 7) is 1.85. The first-order chi connectivity index (χ1) is 17.0. The fourth-order valence-corrected chi connectivity index (χ4v) is 4.64. The van der Waals surface area contributed by atoms with Crippen LogP contribution in [0.4, 0.5) is 0 Å². The SMILES string of the molecule is COCCn1cnc2c1c(=O)n(CC(=O)OCC[C@H]1CCCCN1C)c(=O)n2Cc1ccccc1. The summed E-state index contributed by atoms with van der Waals surface area (Å²) in [6.07, 6.45) is 5.71. The highest BCUT2D eigenvalue weighted by molar-refractivity contribution is 5.72. The number of piperidine rings is 1. The van der Waals surface area contributed by atoms with Crippen LogP contribution in [-0.2, 0) is 33.9 Å². The smallest absolute Gasteiger partial charge is 0.333 e. The van der Waals surface area contributed by atoms with Gasteiger partial charge >= 0.3 is 11.7 Å². The maximum Gasteiger partial charge on any atom is 0.333 e. The highest BCUT2D eigenvalue weighted by atomic mass is 16.5. The molecule has 188 valence electrons. The predicted octanol–water partition coefficient (Wildman–Crippen LogP) is 1.47. The van der Waals surface area contributed by atoms with E-state index >= 15 is 0 Å². The van der Waals surface area contributed by atoms with Gasteiger partial charge in [0.1, 0.15) is 6.54 Å². The average molecular weight is 484 g/mol. The maximum atomic E-state index is 13.4. The van der Waals surface area contributed by atoms with Crippen LogP contribution in [0.2, 0.25) is 0 Å². The molecule has 4 rings (SSSR count). The minimum Gasteiger partial charge on any atom is -0.464 e. The normalized spacial score (nSPS) is 16.6. The molecule has 1 atom stereocenters. The first-order valence-electron chi connectivity index (χ1n) is 12.1. The van der Waals surface area contributed by atoms with Crippen molar-refractivity contribution in [3.63, 3.8) is 0 Å². The summed E-state index contributed by atoms with van der Waals surface area (Å²) in [5.74, 6) is -0.601. The number of imidazole rings is 1. The number of methoxy groups -OCH3 is 1. The number of likely N-dealkylation sites (tertiary alicyclic amines) is 1. The third kappa shape index (κ3) is 5.71. The Bertz CT molecular complexity index is 1260. The molecule has 10 nitrogen and oxygen atoms in total. The van der Waals surface area contributed by atoms with Crippen LogP contribution in [0, 0.1) is 0 Å². The molecule has 0 radical (unpaired) electrons. The summed E-state index contributed by atoms with van der Waals surface area (Å²) in [5, 5.41) is 0. The van der Waals surface area contributed by atoms with Crippen molar-refractivity contribution in [1.82, 2.24) is 23.6 Å². The van der Waals surface area contributed by atoms with Gasteiger partial charge in [-0.1, -0.05) is 36.8 Å². The van der Waals surface area contributed by atoms with Crippen LogP contribution in [0.25, 0.3) is 11.2 Å². The van der Waals surface area contributed by atoms with Gasteiger partial charge in [-0.3, -0.25) is 14.2 Å². The highest BCUT2D eigenvalue weighted by Crippen LogP contribution is 2.17. The monoisotopic (exact) mass is 483 g/mol. The van der Waals surface area contributed by atoms with E-state index in [0.717, 1.165) is 29.5 Å². The van der Waals surface area contributed by atoms with Crippen molar-refractivity contribution >= 4 is 17.1 Å². The Morgan fingerprint density at radius 3 is 2.66 bits per heavy atom. The Morgan fingerprint density at radius 1 is 1.11 bits per heavy atom. The van der Waals surface area contributed by atoms with Gasteiger partial charge in [-0.15, -0.1) is 0 Å². The molecule has 3 aromatic rings. The van der Waals surface area contributed by atoms with E-state index in [0.29, 0.717) is 19.2 Å². The maximum absolute atomic E-state index is 13.4. The van der Waals surface area contributed by atoms with E-state index in [9.17, 15) is 14.4 Å². The van der Waals surface area contributed by atoms with Crippen LogP contribution >= 0.6 is 0 Å². The van der Waals surface area contributed by atoms with Crippen LogP contribution in [0.15, 0.2) is 46.2 Å². The van der Waals surface area contributed by atoms with Gasteiger partial charge in [0.15, 0.2) is 11.2 Å². The quantitative estimate of drug-likeness (QED) is 0.403. The molecule has 2 aromatic heterocycles. The molecular formula is C25H33N5O5. The predicted molar refractivity (Wildman–Crippen MR) is 132 cm³/mol. The van der Waals surface area contributed by atoms with Gasteiger partial charge in [-0.2, -0.15) is 0 Å². The zero-order valence-corrected chi connectivity index (χ0v) is 20.4. The Labute approximate surface area is 203 Å². The molecule has 0 spiro atoms. The Hall–Kier alpha value is -3.24. The zero-order valence-electron chi connectivity index (χ0n) is 20.4. The molecule has 1 aliphatic heterocycles. The number of ether oxygens (including phenoxy) is 2. The van der Waals surface area contributed by atoms with Crippen molar-refractivity contribution in [2.75, 3.05) is 33.9 Å². The standard InChI is InChI=1S/C25H33N5O5/c1-27-12-7-6-10-20(27)11-14-35-21(31)17-30-24(32)22-23(26-18-28(22)13-15-34-2)29(25(30)33)16-19-8-4-3-5-9-19/h3-5,8-9,18,20H,6-7,10-17H2,1-2H3/t20-/m1/s1. The lowest BCUT2D eigenvalue weighted by molar-refractivity contribution is -0.145. The Balaban J connectivity index is 1.60. The fourth-order valence-electron chi connectivity index (χ4n) is 4.64. The highest BCUT2D eigenvalue weighted by Gasteiger charge is 2.22. The molecular weight excluding hydrogens is 450 g/mol. The lowest BCUT2D eigenvalue weighted by atomic mass is 10.0. The second-order valence-corrected chi connectivity index (χ2v) is 8.99. The lowest BCUT2D eigenvalue weighted by Gasteiger charge is -2.32. The zero-order chi connectivity index (χ0) is 24.8. The van der Waals surface area contributed by atoms with Crippen molar-refractivity contribution in [2.24, 2.45) is 0 Å². The Kier molecular flexibility index (Phi) is 8.14. The van der Waals surface area contributed by atoms with Crippen LogP contribution < -0.4 is 11.2 Å². The van der Waals surface area contributed by atoms with Crippen LogP contribution in [0.3, 0.4) is 0 Å². The number of esters is 1. The fraction of sp³-hybridized carbons (Fsp3) is 0.520.